The van der Waals surface area contributed by atoms with Crippen LogP contribution in [-0.2, 0) is 0 Å². The van der Waals surface area contributed by atoms with Crippen LogP contribution in [0.1, 0.15) is 12.5 Å². The monoisotopic (exact) mass is 209 g/mol. The molecule has 4 heteroatoms. The Morgan fingerprint density at radius 3 is 2.40 bits per heavy atom. The van der Waals surface area contributed by atoms with Crippen molar-refractivity contribution in [1.82, 2.24) is 5.48 Å². The van der Waals surface area contributed by atoms with Gasteiger partial charge in [0, 0.05) is 5.56 Å². The average molecular weight is 209 g/mol. The molecule has 0 bridgehead atoms. The van der Waals surface area contributed by atoms with Crippen LogP contribution < -0.4 is 15.0 Å². The molecule has 0 saturated heterocycles. The molecule has 4 nitrogen and oxygen atoms in total. The Hall–Kier alpha value is -1.68. The highest BCUT2D eigenvalue weighted by Crippen LogP contribution is 2.29. The molecular weight excluding hydrogens is 194 g/mol. The summed E-state index contributed by atoms with van der Waals surface area (Å²) in [6.45, 7) is 1.83. The summed E-state index contributed by atoms with van der Waals surface area (Å²) in [5.74, 6) is 1.29. The van der Waals surface area contributed by atoms with E-state index in [1.165, 1.54) is 0 Å². The van der Waals surface area contributed by atoms with Crippen LogP contribution in [0.4, 0.5) is 0 Å². The maximum Gasteiger partial charge on any atom is 0.161 e. The largest absolute Gasteiger partial charge is 0.493 e. The fourth-order valence-electron chi connectivity index (χ4n) is 1.30. The van der Waals surface area contributed by atoms with Crippen LogP contribution in [0.3, 0.4) is 0 Å². The Morgan fingerprint density at radius 1 is 1.27 bits per heavy atom. The molecule has 0 aliphatic carbocycles. The maximum atomic E-state index is 8.88. The Morgan fingerprint density at radius 2 is 1.93 bits per heavy atom. The molecule has 0 atom stereocenters. The molecule has 0 fully saturated rings. The van der Waals surface area contributed by atoms with Gasteiger partial charge in [-0.25, -0.2) is 0 Å². The van der Waals surface area contributed by atoms with Crippen LogP contribution in [0, 0.1) is 0 Å². The predicted molar refractivity (Wildman–Crippen MR) is 58.1 cm³/mol. The average Bonchev–Trinajstić information content (AvgIpc) is 2.30. The molecule has 82 valence electrons. The van der Waals surface area contributed by atoms with Crippen molar-refractivity contribution >= 4 is 5.70 Å². The summed E-state index contributed by atoms with van der Waals surface area (Å²) in [6.07, 6.45) is 1.77. The Bertz CT molecular complexity index is 361. The number of methoxy groups -OCH3 is 2. The quantitative estimate of drug-likeness (QED) is 0.745. The van der Waals surface area contributed by atoms with Gasteiger partial charge in [0.25, 0.3) is 0 Å². The first-order valence-electron chi connectivity index (χ1n) is 4.55. The van der Waals surface area contributed by atoms with E-state index in [-0.39, 0.29) is 0 Å². The second kappa shape index (κ2) is 5.26. The summed E-state index contributed by atoms with van der Waals surface area (Å²) in [5.41, 5.74) is 3.57. The van der Waals surface area contributed by atoms with Gasteiger partial charge in [0.2, 0.25) is 0 Å². The zero-order valence-electron chi connectivity index (χ0n) is 9.07. The van der Waals surface area contributed by atoms with Crippen LogP contribution in [0.5, 0.6) is 11.5 Å². The van der Waals surface area contributed by atoms with E-state index in [1.54, 1.807) is 32.4 Å². The molecule has 0 heterocycles. The topological polar surface area (TPSA) is 50.7 Å². The van der Waals surface area contributed by atoms with Gasteiger partial charge in [0.15, 0.2) is 11.5 Å². The van der Waals surface area contributed by atoms with E-state index >= 15 is 0 Å². The first kappa shape index (κ1) is 11.4. The molecule has 0 aliphatic heterocycles. The number of ether oxygens (including phenoxy) is 2. The first-order valence-corrected chi connectivity index (χ1v) is 4.55. The Labute approximate surface area is 89.1 Å². The van der Waals surface area contributed by atoms with Gasteiger partial charge in [-0.2, -0.15) is 0 Å². The van der Waals surface area contributed by atoms with Crippen LogP contribution in [0.25, 0.3) is 5.70 Å². The number of nitrogens with one attached hydrogen (secondary N) is 1. The molecule has 1 aromatic carbocycles. The molecule has 0 radical (unpaired) electrons. The van der Waals surface area contributed by atoms with E-state index in [0.717, 1.165) is 5.56 Å². The lowest BCUT2D eigenvalue weighted by atomic mass is 10.1. The molecule has 0 spiro atoms. The molecule has 1 rings (SSSR count). The van der Waals surface area contributed by atoms with E-state index in [9.17, 15) is 0 Å². The lowest BCUT2D eigenvalue weighted by Gasteiger charge is -2.10. The minimum absolute atomic E-state index is 0.621. The van der Waals surface area contributed by atoms with E-state index in [0.29, 0.717) is 17.2 Å². The van der Waals surface area contributed by atoms with Crippen molar-refractivity contribution in [2.24, 2.45) is 0 Å². The molecule has 15 heavy (non-hydrogen) atoms. The van der Waals surface area contributed by atoms with Gasteiger partial charge >= 0.3 is 0 Å². The van der Waals surface area contributed by atoms with Gasteiger partial charge < -0.3 is 9.47 Å². The zero-order chi connectivity index (χ0) is 11.3. The summed E-state index contributed by atoms with van der Waals surface area (Å²) >= 11 is 0. The lowest BCUT2D eigenvalue weighted by molar-refractivity contribution is 0.224. The summed E-state index contributed by atoms with van der Waals surface area (Å²) in [6, 6.07) is 5.41. The second-order valence-electron chi connectivity index (χ2n) is 2.88. The van der Waals surface area contributed by atoms with Crippen molar-refractivity contribution in [3.63, 3.8) is 0 Å². The van der Waals surface area contributed by atoms with Crippen molar-refractivity contribution in [3.05, 3.63) is 29.8 Å². The highest BCUT2D eigenvalue weighted by molar-refractivity contribution is 5.65. The van der Waals surface area contributed by atoms with Gasteiger partial charge in [0.05, 0.1) is 19.9 Å². The molecule has 0 aromatic heterocycles. The number of allylic oxidation sites excluding steroid dienone is 1. The van der Waals surface area contributed by atoms with E-state index in [4.69, 9.17) is 14.7 Å². The number of hydrogen-bond acceptors (Lipinski definition) is 4. The summed E-state index contributed by atoms with van der Waals surface area (Å²) in [7, 11) is 3.15. The number of hydroxylamine groups is 1. The molecule has 0 aliphatic rings. The van der Waals surface area contributed by atoms with Crippen molar-refractivity contribution in [3.8, 4) is 11.5 Å². The van der Waals surface area contributed by atoms with Gasteiger partial charge in [-0.3, -0.25) is 10.7 Å². The molecule has 0 amide bonds. The number of hydrogen-bond donors (Lipinski definition) is 2. The number of benzene rings is 1. The van der Waals surface area contributed by atoms with Gasteiger partial charge in [0.1, 0.15) is 0 Å². The molecule has 2 N–H and O–H groups in total. The van der Waals surface area contributed by atoms with Crippen LogP contribution in [0.2, 0.25) is 0 Å². The van der Waals surface area contributed by atoms with E-state index in [1.807, 2.05) is 13.0 Å². The Balaban J connectivity index is 3.13. The standard InChI is InChI=1S/C11H15NO3/c1-4-9(12-13)8-5-6-10(14-2)11(7-8)15-3/h4-7,12-13H,1-3H3/b9-4+. The first-order chi connectivity index (χ1) is 7.26. The van der Waals surface area contributed by atoms with Gasteiger partial charge in [-0.15, -0.1) is 0 Å². The molecule has 1 aromatic rings. The van der Waals surface area contributed by atoms with Crippen molar-refractivity contribution in [1.29, 1.82) is 0 Å². The minimum Gasteiger partial charge on any atom is -0.493 e. The van der Waals surface area contributed by atoms with Gasteiger partial charge in [-0.05, 0) is 25.1 Å². The summed E-state index contributed by atoms with van der Waals surface area (Å²) < 4.78 is 10.3. The third-order valence-corrected chi connectivity index (χ3v) is 2.10. The fraction of sp³-hybridized carbons (Fsp3) is 0.273. The minimum atomic E-state index is 0.621. The van der Waals surface area contributed by atoms with Crippen LogP contribution in [-0.4, -0.2) is 19.4 Å². The van der Waals surface area contributed by atoms with Gasteiger partial charge in [-0.1, -0.05) is 6.08 Å². The van der Waals surface area contributed by atoms with Crippen molar-refractivity contribution in [2.45, 2.75) is 6.92 Å². The predicted octanol–water partition coefficient (Wildman–Crippen LogP) is 2.04. The van der Waals surface area contributed by atoms with E-state index < -0.39 is 0 Å². The number of rotatable bonds is 4. The van der Waals surface area contributed by atoms with Crippen molar-refractivity contribution < 1.29 is 14.7 Å². The SMILES string of the molecule is C/C=C(/NO)c1ccc(OC)c(OC)c1. The third kappa shape index (κ3) is 2.41. The van der Waals surface area contributed by atoms with Crippen LogP contribution >= 0.6 is 0 Å². The smallest absolute Gasteiger partial charge is 0.161 e. The normalized spacial score (nSPS) is 11.1. The summed E-state index contributed by atoms with van der Waals surface area (Å²) in [4.78, 5) is 0. The summed E-state index contributed by atoms with van der Waals surface area (Å²) in [5, 5.41) is 8.88. The second-order valence-corrected chi connectivity index (χ2v) is 2.88. The lowest BCUT2D eigenvalue weighted by Crippen LogP contribution is -2.05. The fourth-order valence-corrected chi connectivity index (χ4v) is 1.30. The molecule has 0 unspecified atom stereocenters. The highest BCUT2D eigenvalue weighted by atomic mass is 16.5. The Kier molecular flexibility index (Phi) is 4.00. The molecular formula is C11H15NO3. The van der Waals surface area contributed by atoms with E-state index in [2.05, 4.69) is 5.48 Å². The zero-order valence-corrected chi connectivity index (χ0v) is 9.07. The molecule has 0 saturated carbocycles. The maximum absolute atomic E-state index is 8.88. The van der Waals surface area contributed by atoms with Crippen molar-refractivity contribution in [2.75, 3.05) is 14.2 Å². The van der Waals surface area contributed by atoms with Crippen LogP contribution in [0.15, 0.2) is 24.3 Å². The third-order valence-electron chi connectivity index (χ3n) is 2.10. The highest BCUT2D eigenvalue weighted by Gasteiger charge is 2.06.